The van der Waals surface area contributed by atoms with Gasteiger partial charge in [-0.25, -0.2) is 0 Å². The van der Waals surface area contributed by atoms with E-state index in [0.717, 1.165) is 22.3 Å². The molecule has 4 bridgehead atoms. The maximum atomic E-state index is 2.78. The average molecular weight is 487 g/mol. The SMILES string of the molecule is C1CCCCCCC1.CC12CCCC(C)(CC1)C1(C)CCCC2(C)CC2C3CCCCC3SC21. The molecule has 0 aromatic rings. The third kappa shape index (κ3) is 4.58. The highest BCUT2D eigenvalue weighted by molar-refractivity contribution is 8.00. The number of hydrogen-bond donors (Lipinski definition) is 0. The van der Waals surface area contributed by atoms with Crippen LogP contribution in [0.1, 0.15) is 163 Å². The van der Waals surface area contributed by atoms with E-state index in [4.69, 9.17) is 0 Å². The van der Waals surface area contributed by atoms with Gasteiger partial charge in [-0.05, 0) is 91.3 Å². The van der Waals surface area contributed by atoms with Crippen molar-refractivity contribution in [2.45, 2.75) is 173 Å². The van der Waals surface area contributed by atoms with Crippen molar-refractivity contribution in [1.82, 2.24) is 0 Å². The maximum absolute atomic E-state index is 2.78. The molecule has 34 heavy (non-hydrogen) atoms. The van der Waals surface area contributed by atoms with Gasteiger partial charge >= 0.3 is 0 Å². The minimum Gasteiger partial charge on any atom is -0.154 e. The molecule has 0 N–H and O–H groups in total. The molecule has 1 heterocycles. The van der Waals surface area contributed by atoms with E-state index in [-0.39, 0.29) is 0 Å². The van der Waals surface area contributed by atoms with Gasteiger partial charge in [0, 0.05) is 10.5 Å². The molecule has 1 heteroatoms. The summed E-state index contributed by atoms with van der Waals surface area (Å²) in [6, 6.07) is 0. The molecule has 0 spiro atoms. The molecule has 196 valence electrons. The molecule has 7 fully saturated rings. The Balaban J connectivity index is 0.000000257. The fourth-order valence-corrected chi connectivity index (χ4v) is 12.7. The van der Waals surface area contributed by atoms with Crippen LogP contribution in [0.2, 0.25) is 0 Å². The molecule has 0 aromatic carbocycles. The smallest absolute Gasteiger partial charge is 0.0140 e. The lowest BCUT2D eigenvalue weighted by Gasteiger charge is -2.55. The van der Waals surface area contributed by atoms with E-state index in [1.807, 2.05) is 0 Å². The Labute approximate surface area is 218 Å². The first-order valence-electron chi connectivity index (χ1n) is 16.0. The summed E-state index contributed by atoms with van der Waals surface area (Å²) in [5.74, 6) is 2.08. The first-order valence-corrected chi connectivity index (χ1v) is 16.9. The van der Waals surface area contributed by atoms with Gasteiger partial charge < -0.3 is 0 Å². The average Bonchev–Trinajstić information content (AvgIpc) is 3.06. The molecule has 7 aliphatic rings. The highest BCUT2D eigenvalue weighted by atomic mass is 32.2. The summed E-state index contributed by atoms with van der Waals surface area (Å²) >= 11 is 2.52. The van der Waals surface area contributed by atoms with Crippen molar-refractivity contribution in [2.24, 2.45) is 33.5 Å². The fraction of sp³-hybridized carbons (Fsp3) is 1.00. The Morgan fingerprint density at radius 1 is 0.471 bits per heavy atom. The van der Waals surface area contributed by atoms with Crippen molar-refractivity contribution < 1.29 is 0 Å². The molecule has 6 aliphatic carbocycles. The van der Waals surface area contributed by atoms with Crippen molar-refractivity contribution in [2.75, 3.05) is 0 Å². The molecule has 0 aromatic heterocycles. The number of thioether (sulfide) groups is 1. The van der Waals surface area contributed by atoms with Crippen molar-refractivity contribution in [3.8, 4) is 0 Å². The lowest BCUT2D eigenvalue weighted by molar-refractivity contribution is -0.0281. The van der Waals surface area contributed by atoms with Crippen LogP contribution in [-0.2, 0) is 0 Å². The minimum atomic E-state index is 0.580. The van der Waals surface area contributed by atoms with Crippen LogP contribution in [0.25, 0.3) is 0 Å². The zero-order valence-corrected chi connectivity index (χ0v) is 24.4. The second-order valence-corrected chi connectivity index (χ2v) is 16.4. The van der Waals surface area contributed by atoms with Crippen LogP contribution in [0.5, 0.6) is 0 Å². The zero-order chi connectivity index (χ0) is 23.9. The molecular formula is C33H58S. The lowest BCUT2D eigenvalue weighted by atomic mass is 9.51. The molecular weight excluding hydrogens is 428 g/mol. The quantitative estimate of drug-likeness (QED) is 0.328. The van der Waals surface area contributed by atoms with Crippen LogP contribution in [0, 0.1) is 33.5 Å². The minimum absolute atomic E-state index is 0.580. The lowest BCUT2D eigenvalue weighted by Crippen LogP contribution is -2.50. The van der Waals surface area contributed by atoms with Crippen LogP contribution in [0.3, 0.4) is 0 Å². The van der Waals surface area contributed by atoms with Gasteiger partial charge in [-0.3, -0.25) is 0 Å². The predicted octanol–water partition coefficient (Wildman–Crippen LogP) is 11.0. The summed E-state index contributed by atoms with van der Waals surface area (Å²) in [4.78, 5) is 0. The Morgan fingerprint density at radius 2 is 1.00 bits per heavy atom. The summed E-state index contributed by atoms with van der Waals surface area (Å²) in [5, 5.41) is 1.97. The molecule has 0 radical (unpaired) electrons. The van der Waals surface area contributed by atoms with Gasteiger partial charge in [0.15, 0.2) is 0 Å². The van der Waals surface area contributed by atoms with Crippen LogP contribution in [0.4, 0.5) is 0 Å². The molecule has 0 amide bonds. The zero-order valence-electron chi connectivity index (χ0n) is 23.6. The normalized spacial score (nSPS) is 51.2. The summed E-state index contributed by atoms with van der Waals surface area (Å²) < 4.78 is 0. The topological polar surface area (TPSA) is 0 Å². The monoisotopic (exact) mass is 486 g/mol. The van der Waals surface area contributed by atoms with Gasteiger partial charge in [0.2, 0.25) is 0 Å². The second kappa shape index (κ2) is 10.3. The van der Waals surface area contributed by atoms with E-state index in [1.54, 1.807) is 12.8 Å². The third-order valence-corrected chi connectivity index (χ3v) is 15.4. The van der Waals surface area contributed by atoms with Gasteiger partial charge in [-0.15, -0.1) is 0 Å². The highest BCUT2D eigenvalue weighted by Gasteiger charge is 2.63. The Kier molecular flexibility index (Phi) is 7.83. The highest BCUT2D eigenvalue weighted by Crippen LogP contribution is 2.71. The first-order chi connectivity index (χ1) is 16.3. The molecule has 0 nitrogen and oxygen atoms in total. The second-order valence-electron chi connectivity index (χ2n) is 15.0. The van der Waals surface area contributed by atoms with E-state index in [0.29, 0.717) is 21.7 Å². The summed E-state index contributed by atoms with van der Waals surface area (Å²) in [6.07, 6.45) is 31.7. The fourth-order valence-electron chi connectivity index (χ4n) is 10.2. The van der Waals surface area contributed by atoms with Crippen LogP contribution < -0.4 is 0 Å². The van der Waals surface area contributed by atoms with Crippen LogP contribution >= 0.6 is 11.8 Å². The molecule has 6 saturated carbocycles. The molecule has 8 atom stereocenters. The van der Waals surface area contributed by atoms with Gasteiger partial charge in [0.1, 0.15) is 0 Å². The molecule has 8 unspecified atom stereocenters. The molecule has 7 rings (SSSR count). The van der Waals surface area contributed by atoms with Gasteiger partial charge in [0.05, 0.1) is 0 Å². The number of fused-ring (bicyclic) bond motifs is 3. The summed E-state index contributed by atoms with van der Waals surface area (Å²) in [7, 11) is 0. The molecule has 1 saturated heterocycles. The maximum Gasteiger partial charge on any atom is 0.0140 e. The summed E-state index contributed by atoms with van der Waals surface area (Å²) in [6.45, 7) is 11.0. The van der Waals surface area contributed by atoms with Gasteiger partial charge in [-0.1, -0.05) is 105 Å². The van der Waals surface area contributed by atoms with E-state index in [2.05, 4.69) is 39.5 Å². The van der Waals surface area contributed by atoms with E-state index < -0.39 is 0 Å². The van der Waals surface area contributed by atoms with Crippen molar-refractivity contribution >= 4 is 11.8 Å². The summed E-state index contributed by atoms with van der Waals surface area (Å²) in [5.41, 5.74) is 2.36. The predicted molar refractivity (Wildman–Crippen MR) is 152 cm³/mol. The van der Waals surface area contributed by atoms with E-state index >= 15 is 0 Å². The van der Waals surface area contributed by atoms with E-state index in [1.165, 1.54) is 122 Å². The van der Waals surface area contributed by atoms with Gasteiger partial charge in [-0.2, -0.15) is 11.8 Å². The van der Waals surface area contributed by atoms with Crippen molar-refractivity contribution in [3.05, 3.63) is 0 Å². The Bertz CT molecular complexity index is 662. The largest absolute Gasteiger partial charge is 0.154 e. The number of hydrogen-bond acceptors (Lipinski definition) is 1. The first kappa shape index (κ1) is 26.0. The van der Waals surface area contributed by atoms with E-state index in [9.17, 15) is 0 Å². The van der Waals surface area contributed by atoms with Crippen molar-refractivity contribution in [1.29, 1.82) is 0 Å². The van der Waals surface area contributed by atoms with Gasteiger partial charge in [0.25, 0.3) is 0 Å². The van der Waals surface area contributed by atoms with Crippen LogP contribution in [-0.4, -0.2) is 10.5 Å². The van der Waals surface area contributed by atoms with Crippen LogP contribution in [0.15, 0.2) is 0 Å². The Hall–Kier alpha value is 0.350. The molecule has 1 aliphatic heterocycles. The number of rotatable bonds is 0. The Morgan fingerprint density at radius 3 is 1.68 bits per heavy atom. The van der Waals surface area contributed by atoms with Crippen molar-refractivity contribution in [3.63, 3.8) is 0 Å². The standard InChI is InChI=1S/C25H42S.C8H16/c1-22-11-7-12-23(2,16-15-22)25(4)14-8-13-24(22,3)17-19-18-9-5-6-10-20(18)26-21(19)25;1-2-4-6-8-7-5-3-1/h18-21H,5-17H2,1-4H3;1-8H2. The third-order valence-electron chi connectivity index (χ3n) is 13.3.